The topological polar surface area (TPSA) is 22.1 Å². The van der Waals surface area contributed by atoms with E-state index in [9.17, 15) is 0 Å². The fourth-order valence-corrected chi connectivity index (χ4v) is 1.30. The van der Waals surface area contributed by atoms with Crippen molar-refractivity contribution in [2.24, 2.45) is 0 Å². The molecule has 2 nitrogen and oxygen atoms in total. The Morgan fingerprint density at radius 1 is 1.27 bits per heavy atom. The molecule has 0 amide bonds. The van der Waals surface area contributed by atoms with Crippen LogP contribution in [0.2, 0.25) is 5.02 Å². The molecule has 1 heterocycles. The van der Waals surface area contributed by atoms with E-state index in [1.54, 1.807) is 12.1 Å². The van der Waals surface area contributed by atoms with Gasteiger partial charge in [-0.25, -0.2) is 4.98 Å². The lowest BCUT2D eigenvalue weighted by Gasteiger charge is -2.04. The molecule has 0 unspecified atom stereocenters. The van der Waals surface area contributed by atoms with Crippen LogP contribution in [0.25, 0.3) is 0 Å². The molecule has 2 aromatic rings. The number of halogens is 1. The minimum absolute atomic E-state index is 0.488. The molecule has 1 aromatic carbocycles. The van der Waals surface area contributed by atoms with E-state index in [-0.39, 0.29) is 0 Å². The Kier molecular flexibility index (Phi) is 3.20. The van der Waals surface area contributed by atoms with E-state index in [2.05, 4.69) is 11.2 Å². The van der Waals surface area contributed by atoms with Crippen LogP contribution in [-0.2, 0) is 6.61 Å². The molecular weight excluding hydrogens is 210 g/mol. The van der Waals surface area contributed by atoms with E-state index in [0.29, 0.717) is 17.5 Å². The maximum atomic E-state index is 5.78. The first-order chi connectivity index (χ1) is 7.34. The maximum Gasteiger partial charge on any atom is 0.215 e. The molecule has 1 aromatic heterocycles. The number of benzene rings is 1. The van der Waals surface area contributed by atoms with Crippen LogP contribution in [0.4, 0.5) is 0 Å². The second kappa shape index (κ2) is 4.80. The van der Waals surface area contributed by atoms with Gasteiger partial charge >= 0.3 is 0 Å². The van der Waals surface area contributed by atoms with Crippen LogP contribution >= 0.6 is 11.6 Å². The zero-order valence-electron chi connectivity index (χ0n) is 7.98. The predicted molar refractivity (Wildman–Crippen MR) is 58.9 cm³/mol. The van der Waals surface area contributed by atoms with Gasteiger partial charge in [-0.1, -0.05) is 41.9 Å². The third-order valence-electron chi connectivity index (χ3n) is 1.87. The molecule has 0 aliphatic rings. The van der Waals surface area contributed by atoms with Crippen LogP contribution in [0.3, 0.4) is 0 Å². The van der Waals surface area contributed by atoms with Crippen molar-refractivity contribution in [3.63, 3.8) is 0 Å². The molecule has 2 rings (SSSR count). The van der Waals surface area contributed by atoms with Gasteiger partial charge in [-0.3, -0.25) is 0 Å². The highest BCUT2D eigenvalue weighted by molar-refractivity contribution is 6.30. The maximum absolute atomic E-state index is 5.78. The zero-order valence-corrected chi connectivity index (χ0v) is 8.74. The quantitative estimate of drug-likeness (QED) is 0.790. The van der Waals surface area contributed by atoms with Crippen molar-refractivity contribution in [3.8, 4) is 5.88 Å². The Morgan fingerprint density at radius 3 is 2.80 bits per heavy atom. The van der Waals surface area contributed by atoms with E-state index in [0.717, 1.165) is 5.56 Å². The standard InChI is InChI=1S/C12H9ClNO/c13-11-6-7-14-12(8-11)15-9-10-4-2-1-3-5-10/h1-6,8H,9H2. The van der Waals surface area contributed by atoms with Gasteiger partial charge < -0.3 is 4.74 Å². The molecule has 1 radical (unpaired) electrons. The molecule has 15 heavy (non-hydrogen) atoms. The first-order valence-corrected chi connectivity index (χ1v) is 4.93. The number of rotatable bonds is 3. The number of hydrogen-bond donors (Lipinski definition) is 0. The molecular formula is C12H9ClNO. The minimum Gasteiger partial charge on any atom is -0.473 e. The van der Waals surface area contributed by atoms with Gasteiger partial charge in [-0.2, -0.15) is 0 Å². The Bertz CT molecular complexity index is 431. The van der Waals surface area contributed by atoms with Crippen molar-refractivity contribution < 1.29 is 4.74 Å². The van der Waals surface area contributed by atoms with Gasteiger partial charge in [-0.15, -0.1) is 0 Å². The number of aromatic nitrogens is 1. The molecule has 75 valence electrons. The number of nitrogens with zero attached hydrogens (tertiary/aromatic N) is 1. The van der Waals surface area contributed by atoms with Crippen molar-refractivity contribution in [3.05, 3.63) is 59.2 Å². The van der Waals surface area contributed by atoms with Gasteiger partial charge in [0.15, 0.2) is 0 Å². The largest absolute Gasteiger partial charge is 0.473 e. The van der Waals surface area contributed by atoms with Crippen molar-refractivity contribution >= 4 is 11.6 Å². The highest BCUT2D eigenvalue weighted by Gasteiger charge is 1.97. The summed E-state index contributed by atoms with van der Waals surface area (Å²) in [5.41, 5.74) is 1.10. The summed E-state index contributed by atoms with van der Waals surface area (Å²) in [6, 6.07) is 13.2. The van der Waals surface area contributed by atoms with Gasteiger partial charge in [0, 0.05) is 11.1 Å². The van der Waals surface area contributed by atoms with E-state index >= 15 is 0 Å². The van der Waals surface area contributed by atoms with E-state index in [1.165, 1.54) is 0 Å². The Morgan fingerprint density at radius 2 is 2.07 bits per heavy atom. The minimum atomic E-state index is 0.488. The Labute approximate surface area is 93.5 Å². The molecule has 0 atom stereocenters. The summed E-state index contributed by atoms with van der Waals surface area (Å²) in [5, 5.41) is 0.577. The van der Waals surface area contributed by atoms with Crippen LogP contribution in [0.5, 0.6) is 5.88 Å². The van der Waals surface area contributed by atoms with Crippen molar-refractivity contribution in [2.45, 2.75) is 6.61 Å². The SMILES string of the molecule is Clc1c[c]nc(OCc2ccccc2)c1. The van der Waals surface area contributed by atoms with Crippen molar-refractivity contribution in [1.82, 2.24) is 4.98 Å². The van der Waals surface area contributed by atoms with Crippen LogP contribution in [0, 0.1) is 6.20 Å². The normalized spacial score (nSPS) is 9.93. The van der Waals surface area contributed by atoms with E-state index in [4.69, 9.17) is 16.3 Å². The second-order valence-electron chi connectivity index (χ2n) is 3.03. The highest BCUT2D eigenvalue weighted by atomic mass is 35.5. The van der Waals surface area contributed by atoms with E-state index < -0.39 is 0 Å². The average Bonchev–Trinajstić information content (AvgIpc) is 2.28. The van der Waals surface area contributed by atoms with Crippen LogP contribution < -0.4 is 4.74 Å². The van der Waals surface area contributed by atoms with Crippen LogP contribution in [0.1, 0.15) is 5.56 Å². The lowest BCUT2D eigenvalue weighted by Crippen LogP contribution is -1.96. The van der Waals surface area contributed by atoms with Gasteiger partial charge in [-0.05, 0) is 11.6 Å². The summed E-state index contributed by atoms with van der Waals surface area (Å²) in [4.78, 5) is 3.92. The smallest absolute Gasteiger partial charge is 0.215 e. The molecule has 0 N–H and O–H groups in total. The van der Waals surface area contributed by atoms with Crippen LogP contribution in [0.15, 0.2) is 42.5 Å². The Hall–Kier alpha value is -1.54. The molecule has 0 fully saturated rings. The summed E-state index contributed by atoms with van der Waals surface area (Å²) in [6.07, 6.45) is 2.66. The van der Waals surface area contributed by atoms with Gasteiger partial charge in [0.1, 0.15) is 6.61 Å². The monoisotopic (exact) mass is 218 g/mol. The van der Waals surface area contributed by atoms with Crippen molar-refractivity contribution in [2.75, 3.05) is 0 Å². The lowest BCUT2D eigenvalue weighted by molar-refractivity contribution is 0.294. The predicted octanol–water partition coefficient (Wildman–Crippen LogP) is 3.11. The molecule has 0 bridgehead atoms. The number of hydrogen-bond acceptors (Lipinski definition) is 2. The summed E-state index contributed by atoms with van der Waals surface area (Å²) < 4.78 is 5.45. The summed E-state index contributed by atoms with van der Waals surface area (Å²) in [5.74, 6) is 0.492. The third kappa shape index (κ3) is 2.96. The van der Waals surface area contributed by atoms with Gasteiger partial charge in [0.2, 0.25) is 5.88 Å². The van der Waals surface area contributed by atoms with Gasteiger partial charge in [0.25, 0.3) is 0 Å². The molecule has 0 aliphatic carbocycles. The van der Waals surface area contributed by atoms with Gasteiger partial charge in [0.05, 0.1) is 6.20 Å². The molecule has 3 heteroatoms. The molecule has 0 saturated heterocycles. The van der Waals surface area contributed by atoms with Crippen molar-refractivity contribution in [1.29, 1.82) is 0 Å². The molecule has 0 aliphatic heterocycles. The lowest BCUT2D eigenvalue weighted by atomic mass is 10.2. The second-order valence-corrected chi connectivity index (χ2v) is 3.46. The first kappa shape index (κ1) is 9.99. The number of pyridine rings is 1. The summed E-state index contributed by atoms with van der Waals surface area (Å²) >= 11 is 5.78. The highest BCUT2D eigenvalue weighted by Crippen LogP contribution is 2.14. The summed E-state index contributed by atoms with van der Waals surface area (Å²) in [6.45, 7) is 0.488. The first-order valence-electron chi connectivity index (χ1n) is 4.55. The average molecular weight is 219 g/mol. The number of ether oxygens (including phenoxy) is 1. The van der Waals surface area contributed by atoms with Crippen LogP contribution in [-0.4, -0.2) is 4.98 Å². The third-order valence-corrected chi connectivity index (χ3v) is 2.09. The van der Waals surface area contributed by atoms with E-state index in [1.807, 2.05) is 30.3 Å². The fraction of sp³-hybridized carbons (Fsp3) is 0.0833. The molecule has 0 spiro atoms. The summed E-state index contributed by atoms with van der Waals surface area (Å²) in [7, 11) is 0. The molecule has 0 saturated carbocycles. The Balaban J connectivity index is 1.99. The fourth-order valence-electron chi connectivity index (χ4n) is 1.15. The zero-order chi connectivity index (χ0) is 10.5.